The summed E-state index contributed by atoms with van der Waals surface area (Å²) in [5, 5.41) is 2.92. The molecule has 0 aliphatic carbocycles. The van der Waals surface area contributed by atoms with Gasteiger partial charge in [0.2, 0.25) is 0 Å². The molecule has 2 aromatic rings. The van der Waals surface area contributed by atoms with Crippen LogP contribution >= 0.6 is 11.8 Å². The molecule has 0 saturated carbocycles. The summed E-state index contributed by atoms with van der Waals surface area (Å²) >= 11 is 1.72. The molecule has 4 nitrogen and oxygen atoms in total. The maximum absolute atomic E-state index is 12.5. The number of thioether (sulfide) groups is 1. The first kappa shape index (κ1) is 19.2. The Morgan fingerprint density at radius 1 is 1.08 bits per heavy atom. The van der Waals surface area contributed by atoms with Gasteiger partial charge in [0.25, 0.3) is 5.91 Å². The smallest absolute Gasteiger partial charge is 0.282 e. The van der Waals surface area contributed by atoms with Gasteiger partial charge in [-0.1, -0.05) is 12.1 Å². The number of carbonyl (C=O) groups is 2. The second kappa shape index (κ2) is 8.83. The fourth-order valence-electron chi connectivity index (χ4n) is 2.48. The maximum Gasteiger partial charge on any atom is 0.282 e. The number of benzene rings is 2. The third kappa shape index (κ3) is 5.44. The van der Waals surface area contributed by atoms with E-state index in [9.17, 15) is 9.59 Å². The first-order valence-electron chi connectivity index (χ1n) is 8.28. The summed E-state index contributed by atoms with van der Waals surface area (Å²) in [6.45, 7) is 4.23. The first-order chi connectivity index (χ1) is 11.9. The van der Waals surface area contributed by atoms with Crippen LogP contribution in [0.2, 0.25) is 0 Å². The molecule has 1 unspecified atom stereocenters. The van der Waals surface area contributed by atoms with Crippen molar-refractivity contribution in [2.24, 2.45) is 0 Å². The molecular formula is C20H25N2O2S+. The highest BCUT2D eigenvalue weighted by atomic mass is 32.2. The number of hydrogen-bond donors (Lipinski definition) is 2. The van der Waals surface area contributed by atoms with Crippen LogP contribution in [-0.4, -0.2) is 31.0 Å². The zero-order valence-electron chi connectivity index (χ0n) is 15.1. The van der Waals surface area contributed by atoms with Crippen molar-refractivity contribution in [3.63, 3.8) is 0 Å². The predicted octanol–water partition coefficient (Wildman–Crippen LogP) is 2.65. The molecule has 1 amide bonds. The van der Waals surface area contributed by atoms with Crippen molar-refractivity contribution < 1.29 is 14.5 Å². The number of ketones is 1. The average Bonchev–Trinajstić information content (AvgIpc) is 2.62. The van der Waals surface area contributed by atoms with Gasteiger partial charge in [0, 0.05) is 21.7 Å². The number of nitrogens with one attached hydrogen (secondary N) is 2. The van der Waals surface area contributed by atoms with E-state index < -0.39 is 0 Å². The molecule has 2 N–H and O–H groups in total. The first-order valence-corrected chi connectivity index (χ1v) is 9.50. The Morgan fingerprint density at radius 3 is 2.20 bits per heavy atom. The Labute approximate surface area is 153 Å². The summed E-state index contributed by atoms with van der Waals surface area (Å²) in [5.41, 5.74) is 2.56. The van der Waals surface area contributed by atoms with Crippen molar-refractivity contribution >= 4 is 29.1 Å². The molecule has 0 heterocycles. The fourth-order valence-corrected chi connectivity index (χ4v) is 2.89. The number of likely N-dealkylation sites (N-methyl/N-ethyl adjacent to an activating group) is 1. The van der Waals surface area contributed by atoms with E-state index in [1.807, 2.05) is 14.0 Å². The average molecular weight is 357 g/mol. The van der Waals surface area contributed by atoms with Crippen LogP contribution in [0.15, 0.2) is 53.4 Å². The second-order valence-corrected chi connectivity index (χ2v) is 7.10. The molecule has 0 aromatic heterocycles. The van der Waals surface area contributed by atoms with E-state index in [0.29, 0.717) is 11.3 Å². The van der Waals surface area contributed by atoms with Crippen molar-refractivity contribution in [2.75, 3.05) is 18.6 Å². The summed E-state index contributed by atoms with van der Waals surface area (Å²) < 4.78 is 0. The van der Waals surface area contributed by atoms with Crippen molar-refractivity contribution in [1.82, 2.24) is 0 Å². The topological polar surface area (TPSA) is 50.6 Å². The van der Waals surface area contributed by atoms with Crippen LogP contribution in [-0.2, 0) is 11.3 Å². The van der Waals surface area contributed by atoms with Crippen LogP contribution in [0, 0.1) is 0 Å². The number of quaternary nitrogens is 1. The number of anilines is 1. The van der Waals surface area contributed by atoms with E-state index >= 15 is 0 Å². The molecule has 0 fully saturated rings. The fraction of sp³-hybridized carbons (Fsp3) is 0.300. The van der Waals surface area contributed by atoms with Crippen LogP contribution in [0.1, 0.15) is 29.8 Å². The molecular weight excluding hydrogens is 332 g/mol. The Morgan fingerprint density at radius 2 is 1.68 bits per heavy atom. The maximum atomic E-state index is 12.5. The molecule has 0 aliphatic heterocycles. The number of Topliss-reactive ketones (excluding diaryl/α,β-unsaturated/α-hetero) is 1. The Balaban J connectivity index is 1.94. The highest BCUT2D eigenvalue weighted by Crippen LogP contribution is 2.14. The third-order valence-corrected chi connectivity index (χ3v) is 5.08. The van der Waals surface area contributed by atoms with Gasteiger partial charge in [-0.2, -0.15) is 0 Å². The van der Waals surface area contributed by atoms with Crippen LogP contribution in [0.25, 0.3) is 0 Å². The Hall–Kier alpha value is -2.11. The number of rotatable bonds is 7. The lowest BCUT2D eigenvalue weighted by molar-refractivity contribution is -0.907. The third-order valence-electron chi connectivity index (χ3n) is 4.33. The molecule has 0 aliphatic rings. The van der Waals surface area contributed by atoms with Gasteiger partial charge in [0.05, 0.1) is 7.05 Å². The molecule has 2 rings (SSSR count). The highest BCUT2D eigenvalue weighted by molar-refractivity contribution is 7.98. The zero-order chi connectivity index (χ0) is 18.4. The van der Waals surface area contributed by atoms with E-state index in [2.05, 4.69) is 35.8 Å². The van der Waals surface area contributed by atoms with E-state index in [-0.39, 0.29) is 17.7 Å². The van der Waals surface area contributed by atoms with E-state index in [1.54, 1.807) is 36.0 Å². The molecule has 5 heteroatoms. The highest BCUT2D eigenvalue weighted by Gasteiger charge is 2.22. The molecule has 0 saturated heterocycles. The van der Waals surface area contributed by atoms with Gasteiger partial charge >= 0.3 is 0 Å². The molecule has 2 aromatic carbocycles. The largest absolute Gasteiger partial charge is 0.324 e. The summed E-state index contributed by atoms with van der Waals surface area (Å²) in [6, 6.07) is 15.2. The standard InChI is InChI=1S/C20H24N2O2S/c1-14(22(3)13-16-5-11-19(25-4)12-6-16)20(24)21-18-9-7-17(8-10-18)15(2)23/h5-12,14H,13H2,1-4H3,(H,21,24)/p+1/t14-/m0/s1. The van der Waals surface area contributed by atoms with Gasteiger partial charge in [-0.05, 0) is 56.5 Å². The van der Waals surface area contributed by atoms with Crippen molar-refractivity contribution in [1.29, 1.82) is 0 Å². The van der Waals surface area contributed by atoms with Gasteiger partial charge in [-0.3, -0.25) is 9.59 Å². The molecule has 132 valence electrons. The Bertz CT molecular complexity index is 726. The minimum atomic E-state index is -0.187. The van der Waals surface area contributed by atoms with Gasteiger partial charge < -0.3 is 10.2 Å². The Kier molecular flexibility index (Phi) is 6.79. The summed E-state index contributed by atoms with van der Waals surface area (Å²) in [5.74, 6) is -0.0169. The zero-order valence-corrected chi connectivity index (χ0v) is 15.9. The number of carbonyl (C=O) groups excluding carboxylic acids is 2. The normalized spacial score (nSPS) is 13.1. The van der Waals surface area contributed by atoms with Crippen LogP contribution in [0.5, 0.6) is 0 Å². The van der Waals surface area contributed by atoms with Crippen LogP contribution in [0.4, 0.5) is 5.69 Å². The van der Waals surface area contributed by atoms with E-state index in [0.717, 1.165) is 11.4 Å². The van der Waals surface area contributed by atoms with Crippen molar-refractivity contribution in [3.8, 4) is 0 Å². The minimum Gasteiger partial charge on any atom is -0.324 e. The van der Waals surface area contributed by atoms with Crippen molar-refractivity contribution in [2.45, 2.75) is 31.3 Å². The lowest BCUT2D eigenvalue weighted by atomic mass is 10.1. The monoisotopic (exact) mass is 357 g/mol. The summed E-state index contributed by atoms with van der Waals surface area (Å²) in [7, 11) is 2.02. The summed E-state index contributed by atoms with van der Waals surface area (Å²) in [6.07, 6.45) is 2.06. The van der Waals surface area contributed by atoms with Gasteiger partial charge in [0.15, 0.2) is 11.8 Å². The lowest BCUT2D eigenvalue weighted by Gasteiger charge is -2.21. The molecule has 2 atom stereocenters. The van der Waals surface area contributed by atoms with Crippen molar-refractivity contribution in [3.05, 3.63) is 59.7 Å². The molecule has 0 bridgehead atoms. The number of amides is 1. The minimum absolute atomic E-state index is 0.0166. The van der Waals surface area contributed by atoms with Crippen LogP contribution in [0.3, 0.4) is 0 Å². The number of hydrogen-bond acceptors (Lipinski definition) is 3. The molecule has 0 spiro atoms. The quantitative estimate of drug-likeness (QED) is 0.592. The lowest BCUT2D eigenvalue weighted by Crippen LogP contribution is -3.12. The van der Waals surface area contributed by atoms with Gasteiger partial charge in [-0.15, -0.1) is 11.8 Å². The van der Waals surface area contributed by atoms with E-state index in [4.69, 9.17) is 0 Å². The molecule has 0 radical (unpaired) electrons. The van der Waals surface area contributed by atoms with Crippen LogP contribution < -0.4 is 10.2 Å². The molecule has 25 heavy (non-hydrogen) atoms. The van der Waals surface area contributed by atoms with Gasteiger partial charge in [-0.25, -0.2) is 0 Å². The van der Waals surface area contributed by atoms with E-state index in [1.165, 1.54) is 17.4 Å². The summed E-state index contributed by atoms with van der Waals surface area (Å²) in [4.78, 5) is 26.1. The predicted molar refractivity (Wildman–Crippen MR) is 103 cm³/mol. The van der Waals surface area contributed by atoms with Gasteiger partial charge in [0.1, 0.15) is 6.54 Å². The second-order valence-electron chi connectivity index (χ2n) is 6.22. The SMILES string of the molecule is CSc1ccc(C[NH+](C)[C@@H](C)C(=O)Nc2ccc(C(C)=O)cc2)cc1.